The molecule has 2 aliphatic heterocycles. The summed E-state index contributed by atoms with van der Waals surface area (Å²) in [6.45, 7) is 4.85. The number of pyridine rings is 1. The first kappa shape index (κ1) is 22.2. The van der Waals surface area contributed by atoms with Crippen LogP contribution in [0.2, 0.25) is 0 Å². The third-order valence-corrected chi connectivity index (χ3v) is 8.06. The predicted octanol–water partition coefficient (Wildman–Crippen LogP) is 5.07. The predicted molar refractivity (Wildman–Crippen MR) is 138 cm³/mol. The van der Waals surface area contributed by atoms with Crippen LogP contribution in [-0.2, 0) is 4.79 Å². The van der Waals surface area contributed by atoms with E-state index in [0.29, 0.717) is 12.5 Å². The van der Waals surface area contributed by atoms with E-state index in [-0.39, 0.29) is 5.91 Å². The van der Waals surface area contributed by atoms with Gasteiger partial charge in [0, 0.05) is 25.2 Å². The molecular formula is C26H28N4OS2. The van der Waals surface area contributed by atoms with Gasteiger partial charge in [0.1, 0.15) is 10.6 Å². The molecule has 5 nitrogen and oxygen atoms in total. The molecule has 1 saturated heterocycles. The van der Waals surface area contributed by atoms with Crippen molar-refractivity contribution in [2.24, 2.45) is 5.92 Å². The second kappa shape index (κ2) is 9.69. The summed E-state index contributed by atoms with van der Waals surface area (Å²) in [4.78, 5) is 21.2. The van der Waals surface area contributed by atoms with Crippen molar-refractivity contribution in [3.63, 3.8) is 0 Å². The Hall–Kier alpha value is -2.64. The molecule has 0 bridgehead atoms. The molecule has 170 valence electrons. The number of thiocarbonyl (C=S) groups is 1. The molecule has 33 heavy (non-hydrogen) atoms. The highest BCUT2D eigenvalue weighted by Crippen LogP contribution is 2.34. The first-order valence-corrected chi connectivity index (χ1v) is 12.8. The molecule has 2 aliphatic rings. The van der Waals surface area contributed by atoms with E-state index in [0.717, 1.165) is 70.6 Å². The number of nitrogens with zero attached hydrogens (tertiary/aromatic N) is 3. The average molecular weight is 477 g/mol. The number of carbonyl (C=O) groups excluding carboxylic acids is 1. The monoisotopic (exact) mass is 476 g/mol. The van der Waals surface area contributed by atoms with Crippen LogP contribution in [0.1, 0.15) is 42.5 Å². The maximum Gasteiger partial charge on any atom is 0.258 e. The van der Waals surface area contributed by atoms with Gasteiger partial charge in [0.15, 0.2) is 0 Å². The molecule has 5 rings (SSSR count). The van der Waals surface area contributed by atoms with Crippen LogP contribution < -0.4 is 5.32 Å². The lowest BCUT2D eigenvalue weighted by Crippen LogP contribution is -2.38. The summed E-state index contributed by atoms with van der Waals surface area (Å²) < 4.78 is 2.08. The Kier molecular flexibility index (Phi) is 6.51. The van der Waals surface area contributed by atoms with E-state index in [2.05, 4.69) is 50.8 Å². The van der Waals surface area contributed by atoms with Crippen LogP contribution in [0.15, 0.2) is 58.6 Å². The standard InChI is InChI=1S/C26H28N4OS2/c1-18-7-9-20(10-8-18)26(32)29-14-11-19(12-15-29)4-3-13-27-25(31)22-16-21-17-28-23-5-2-6-24(33-22)30(21)23/h2,5-10,16-17,19H,3-4,11-15H2,1H3,(H,27,31). The van der Waals surface area contributed by atoms with Gasteiger partial charge in [-0.05, 0) is 56.7 Å². The number of hydrogen-bond acceptors (Lipinski definition) is 4. The fraction of sp³-hybridized carbons (Fsp3) is 0.346. The summed E-state index contributed by atoms with van der Waals surface area (Å²) in [5, 5.41) is 4.14. The van der Waals surface area contributed by atoms with Gasteiger partial charge in [0.2, 0.25) is 0 Å². The summed E-state index contributed by atoms with van der Waals surface area (Å²) in [5.41, 5.74) is 4.27. The third kappa shape index (κ3) is 4.84. The highest BCUT2D eigenvalue weighted by molar-refractivity contribution is 8.04. The minimum Gasteiger partial charge on any atom is -0.362 e. The zero-order valence-corrected chi connectivity index (χ0v) is 20.4. The maximum atomic E-state index is 12.7. The molecule has 2 aromatic heterocycles. The van der Waals surface area contributed by atoms with E-state index < -0.39 is 0 Å². The molecule has 0 aliphatic carbocycles. The normalized spacial score (nSPS) is 16.0. The minimum atomic E-state index is 0.00252. The van der Waals surface area contributed by atoms with Gasteiger partial charge in [-0.15, -0.1) is 0 Å². The van der Waals surface area contributed by atoms with Crippen LogP contribution in [0.25, 0.3) is 11.7 Å². The largest absolute Gasteiger partial charge is 0.362 e. The fourth-order valence-electron chi connectivity index (χ4n) is 4.58. The van der Waals surface area contributed by atoms with Crippen molar-refractivity contribution in [3.05, 3.63) is 70.4 Å². The Morgan fingerprint density at radius 3 is 2.76 bits per heavy atom. The van der Waals surface area contributed by atoms with Gasteiger partial charge in [-0.3, -0.25) is 9.20 Å². The molecular weight excluding hydrogens is 448 g/mol. The molecule has 0 saturated carbocycles. The Morgan fingerprint density at radius 2 is 1.97 bits per heavy atom. The van der Waals surface area contributed by atoms with Crippen LogP contribution in [0.5, 0.6) is 0 Å². The number of imidazole rings is 1. The number of hydrogen-bond donors (Lipinski definition) is 1. The van der Waals surface area contributed by atoms with Gasteiger partial charge in [-0.2, -0.15) is 0 Å². The zero-order valence-electron chi connectivity index (χ0n) is 18.8. The van der Waals surface area contributed by atoms with Crippen molar-refractivity contribution in [3.8, 4) is 0 Å². The second-order valence-corrected chi connectivity index (χ2v) is 10.3. The second-order valence-electron chi connectivity index (χ2n) is 8.85. The van der Waals surface area contributed by atoms with Crippen molar-refractivity contribution < 1.29 is 4.79 Å². The first-order chi connectivity index (χ1) is 16.1. The Labute approximate surface area is 204 Å². The van der Waals surface area contributed by atoms with Gasteiger partial charge in [-0.1, -0.05) is 59.9 Å². The molecule has 0 unspecified atom stereocenters. The molecule has 1 N–H and O–H groups in total. The average Bonchev–Trinajstić information content (AvgIpc) is 3.26. The fourth-order valence-corrected chi connectivity index (χ4v) is 5.91. The lowest BCUT2D eigenvalue weighted by Gasteiger charge is -2.34. The van der Waals surface area contributed by atoms with Gasteiger partial charge in [0.25, 0.3) is 5.91 Å². The van der Waals surface area contributed by atoms with E-state index in [1.54, 1.807) is 0 Å². The van der Waals surface area contributed by atoms with Crippen LogP contribution in [-0.4, -0.2) is 44.8 Å². The van der Waals surface area contributed by atoms with Crippen LogP contribution in [0.4, 0.5) is 0 Å². The van der Waals surface area contributed by atoms with E-state index in [1.807, 2.05) is 30.5 Å². The van der Waals surface area contributed by atoms with Gasteiger partial charge in [-0.25, -0.2) is 4.98 Å². The molecule has 7 heteroatoms. The summed E-state index contributed by atoms with van der Waals surface area (Å²) in [5.74, 6) is 0.705. The van der Waals surface area contributed by atoms with Crippen molar-refractivity contribution in [1.82, 2.24) is 19.6 Å². The number of aromatic nitrogens is 2. The van der Waals surface area contributed by atoms with Crippen molar-refractivity contribution in [1.29, 1.82) is 0 Å². The quantitative estimate of drug-likeness (QED) is 0.397. The first-order valence-electron chi connectivity index (χ1n) is 11.6. The number of piperidine rings is 1. The molecule has 1 aromatic carbocycles. The summed E-state index contributed by atoms with van der Waals surface area (Å²) in [7, 11) is 0. The number of carbonyl (C=O) groups is 1. The van der Waals surface area contributed by atoms with Crippen molar-refractivity contribution in [2.45, 2.75) is 37.6 Å². The molecule has 1 amide bonds. The topological polar surface area (TPSA) is 49.6 Å². The number of rotatable bonds is 6. The lowest BCUT2D eigenvalue weighted by molar-refractivity contribution is -0.116. The summed E-state index contributed by atoms with van der Waals surface area (Å²) >= 11 is 7.23. The Bertz CT molecular complexity index is 1210. The number of thioether (sulfide) groups is 1. The lowest BCUT2D eigenvalue weighted by atomic mass is 9.92. The van der Waals surface area contributed by atoms with Crippen molar-refractivity contribution >= 4 is 46.6 Å². The SMILES string of the molecule is Cc1ccc(C(=S)N2CCC(CCCNC(=O)C3=Cc4cnc5cccc(n45)S3)CC2)cc1. The highest BCUT2D eigenvalue weighted by Gasteiger charge is 2.22. The smallest absolute Gasteiger partial charge is 0.258 e. The zero-order chi connectivity index (χ0) is 22.8. The Morgan fingerprint density at radius 1 is 1.18 bits per heavy atom. The van der Waals surface area contributed by atoms with E-state index in [9.17, 15) is 4.79 Å². The van der Waals surface area contributed by atoms with E-state index in [4.69, 9.17) is 12.2 Å². The third-order valence-electron chi connectivity index (χ3n) is 6.51. The van der Waals surface area contributed by atoms with E-state index in [1.165, 1.54) is 17.3 Å². The van der Waals surface area contributed by atoms with Gasteiger partial charge in [0.05, 0.1) is 21.8 Å². The number of benzene rings is 1. The van der Waals surface area contributed by atoms with Crippen LogP contribution in [0.3, 0.4) is 0 Å². The van der Waals surface area contributed by atoms with E-state index >= 15 is 0 Å². The van der Waals surface area contributed by atoms with Crippen LogP contribution >= 0.6 is 24.0 Å². The molecule has 0 atom stereocenters. The summed E-state index contributed by atoms with van der Waals surface area (Å²) in [6.07, 6.45) is 8.22. The number of likely N-dealkylation sites (tertiary alicyclic amines) is 1. The summed E-state index contributed by atoms with van der Waals surface area (Å²) in [6, 6.07) is 14.5. The van der Waals surface area contributed by atoms with Crippen LogP contribution in [0, 0.1) is 12.8 Å². The number of aryl methyl sites for hydroxylation is 1. The van der Waals surface area contributed by atoms with Gasteiger partial charge >= 0.3 is 0 Å². The van der Waals surface area contributed by atoms with Gasteiger partial charge < -0.3 is 10.2 Å². The molecule has 0 spiro atoms. The minimum absolute atomic E-state index is 0.00252. The molecule has 0 radical (unpaired) electrons. The number of nitrogens with one attached hydrogen (secondary N) is 1. The molecule has 3 aromatic rings. The molecule has 1 fully saturated rings. The molecule has 4 heterocycles. The Balaban J connectivity index is 1.05. The maximum absolute atomic E-state index is 12.7. The van der Waals surface area contributed by atoms with Crippen molar-refractivity contribution in [2.75, 3.05) is 19.6 Å². The highest BCUT2D eigenvalue weighted by atomic mass is 32.2. The number of amides is 1.